The van der Waals surface area contributed by atoms with Crippen molar-refractivity contribution in [3.05, 3.63) is 5.82 Å². The standard InChI is InChI=1S/C7H10N14/c8-1-2-13-5(11)21(20-2)6(12)18-16-3(9)14-7-15-4(10)17-19-7/h(H2,12,18)(H2,11,13,20)(H6,9,10,14,15,16,17,19). The van der Waals surface area contributed by atoms with E-state index < -0.39 is 0 Å². The number of anilines is 2. The molecule has 0 spiro atoms. The number of aromatic amines is 1. The van der Waals surface area contributed by atoms with Gasteiger partial charge in [-0.2, -0.15) is 24.9 Å². The quantitative estimate of drug-likeness (QED) is 0.183. The van der Waals surface area contributed by atoms with Crippen molar-refractivity contribution < 1.29 is 0 Å². The minimum absolute atomic E-state index is 0.0123. The van der Waals surface area contributed by atoms with E-state index in [0.29, 0.717) is 0 Å². The Hall–Kier alpha value is -3.89. The fourth-order valence-electron chi connectivity index (χ4n) is 1.15. The average Bonchev–Trinajstić information content (AvgIpc) is 3.02. The van der Waals surface area contributed by atoms with Crippen LogP contribution in [0.1, 0.15) is 5.82 Å². The van der Waals surface area contributed by atoms with Gasteiger partial charge in [0.1, 0.15) is 6.07 Å². The summed E-state index contributed by atoms with van der Waals surface area (Å²) < 4.78 is 0.948. The van der Waals surface area contributed by atoms with Gasteiger partial charge in [-0.05, 0) is 0 Å². The number of hydrogen-bond donors (Lipinski definition) is 6. The molecule has 0 aliphatic rings. The number of nitrogens with two attached hydrogens (primary N) is 4. The second-order valence-corrected chi connectivity index (χ2v) is 3.42. The molecule has 0 bridgehead atoms. The van der Waals surface area contributed by atoms with Crippen LogP contribution in [0, 0.1) is 11.3 Å². The van der Waals surface area contributed by atoms with E-state index in [1.807, 2.05) is 0 Å². The maximum Gasteiger partial charge on any atom is 0.273 e. The molecule has 10 N–H and O–H groups in total. The average molecular weight is 290 g/mol. The Labute approximate surface area is 116 Å². The Kier molecular flexibility index (Phi) is 3.48. The molecule has 0 unspecified atom stereocenters. The summed E-state index contributed by atoms with van der Waals surface area (Å²) in [7, 11) is 0. The number of guanidine groups is 1. The van der Waals surface area contributed by atoms with E-state index in [-0.39, 0.29) is 35.6 Å². The molecule has 0 saturated carbocycles. The molecule has 108 valence electrons. The zero-order valence-corrected chi connectivity index (χ0v) is 10.4. The number of aromatic nitrogens is 6. The largest absolute Gasteiger partial charge is 0.368 e. The molecule has 0 atom stereocenters. The summed E-state index contributed by atoms with van der Waals surface area (Å²) in [4.78, 5) is 11.1. The van der Waals surface area contributed by atoms with Gasteiger partial charge < -0.3 is 22.9 Å². The summed E-state index contributed by atoms with van der Waals surface area (Å²) in [5.41, 5.74) is 24.3. The van der Waals surface area contributed by atoms with Crippen LogP contribution >= 0.6 is 0 Å². The maximum atomic E-state index is 8.64. The summed E-state index contributed by atoms with van der Waals surface area (Å²) in [6.45, 7) is 0. The summed E-state index contributed by atoms with van der Waals surface area (Å²) >= 11 is 0. The molecule has 0 aromatic carbocycles. The van der Waals surface area contributed by atoms with Gasteiger partial charge in [-0.15, -0.1) is 15.3 Å². The number of nitrogen functional groups attached to an aromatic ring is 2. The second-order valence-electron chi connectivity index (χ2n) is 3.42. The van der Waals surface area contributed by atoms with Gasteiger partial charge in [-0.1, -0.05) is 0 Å². The van der Waals surface area contributed by atoms with Crippen molar-refractivity contribution in [2.75, 3.05) is 11.5 Å². The molecule has 2 aromatic rings. The van der Waals surface area contributed by atoms with Gasteiger partial charge in [0.25, 0.3) is 11.8 Å². The predicted octanol–water partition coefficient (Wildman–Crippen LogP) is -3.25. The van der Waals surface area contributed by atoms with Crippen molar-refractivity contribution in [1.82, 2.24) is 35.4 Å². The molecule has 2 rings (SSSR count). The van der Waals surface area contributed by atoms with Gasteiger partial charge in [0, 0.05) is 0 Å². The molecule has 0 fully saturated rings. The van der Waals surface area contributed by atoms with Gasteiger partial charge >= 0.3 is 0 Å². The first-order chi connectivity index (χ1) is 9.99. The molecule has 0 aliphatic carbocycles. The van der Waals surface area contributed by atoms with Gasteiger partial charge in [0.15, 0.2) is 0 Å². The monoisotopic (exact) mass is 290 g/mol. The lowest BCUT2D eigenvalue weighted by atomic mass is 10.7. The van der Waals surface area contributed by atoms with E-state index in [9.17, 15) is 0 Å². The predicted molar refractivity (Wildman–Crippen MR) is 71.4 cm³/mol. The normalized spacial score (nSPS) is 12.1. The van der Waals surface area contributed by atoms with Crippen LogP contribution in [-0.4, -0.2) is 41.9 Å². The lowest BCUT2D eigenvalue weighted by molar-refractivity contribution is 0.882. The minimum atomic E-state index is -0.200. The summed E-state index contributed by atoms with van der Waals surface area (Å²) in [5.74, 6) is -0.511. The van der Waals surface area contributed by atoms with Crippen LogP contribution in [0.3, 0.4) is 0 Å². The number of nitrogens with zero attached hydrogens (tertiary/aromatic N) is 8. The highest BCUT2D eigenvalue weighted by Gasteiger charge is 2.09. The summed E-state index contributed by atoms with van der Waals surface area (Å²) in [6.07, 6.45) is 0. The van der Waals surface area contributed by atoms with Gasteiger partial charge in [-0.3, -0.25) is 0 Å². The molecule has 14 heteroatoms. The lowest BCUT2D eigenvalue weighted by Gasteiger charge is -2.02. The molecule has 0 aliphatic heterocycles. The van der Waals surface area contributed by atoms with Crippen molar-refractivity contribution >= 4 is 29.8 Å². The number of H-pyrrole nitrogens is 1. The third-order valence-corrected chi connectivity index (χ3v) is 1.95. The van der Waals surface area contributed by atoms with Crippen LogP contribution in [0.4, 0.5) is 17.8 Å². The minimum Gasteiger partial charge on any atom is -0.368 e. The first-order valence-electron chi connectivity index (χ1n) is 5.24. The summed E-state index contributed by atoms with van der Waals surface area (Å²) in [6, 6.07) is 1.71. The van der Waals surface area contributed by atoms with Crippen molar-refractivity contribution in [1.29, 1.82) is 5.26 Å². The summed E-state index contributed by atoms with van der Waals surface area (Å²) in [5, 5.41) is 22.0. The molecular formula is C7H10N14. The number of nitriles is 1. The molecule has 2 heterocycles. The zero-order chi connectivity index (χ0) is 15.4. The van der Waals surface area contributed by atoms with Crippen LogP contribution < -0.4 is 28.4 Å². The lowest BCUT2D eigenvalue weighted by Crippen LogP contribution is -2.33. The maximum absolute atomic E-state index is 8.64. The molecule has 14 nitrogen and oxygen atoms in total. The van der Waals surface area contributed by atoms with Crippen molar-refractivity contribution in [2.24, 2.45) is 21.6 Å². The number of rotatable bonds is 2. The van der Waals surface area contributed by atoms with Gasteiger partial charge in [0.05, 0.1) is 0 Å². The van der Waals surface area contributed by atoms with E-state index in [1.165, 1.54) is 0 Å². The molecule has 2 aromatic heterocycles. The Morgan fingerprint density at radius 1 is 1.33 bits per heavy atom. The van der Waals surface area contributed by atoms with Crippen LogP contribution in [0.15, 0.2) is 10.1 Å². The van der Waals surface area contributed by atoms with E-state index in [0.717, 1.165) is 4.68 Å². The van der Waals surface area contributed by atoms with E-state index >= 15 is 0 Å². The molecular weight excluding hydrogens is 280 g/mol. The van der Waals surface area contributed by atoms with Crippen LogP contribution in [0.25, 0.3) is 0 Å². The van der Waals surface area contributed by atoms with Crippen molar-refractivity contribution in [2.45, 2.75) is 0 Å². The Morgan fingerprint density at radius 3 is 2.67 bits per heavy atom. The third kappa shape index (κ3) is 3.11. The topological polar surface area (TPSA) is 237 Å². The Balaban J connectivity index is 2.11. The molecule has 0 amide bonds. The highest BCUT2D eigenvalue weighted by atomic mass is 15.5. The van der Waals surface area contributed by atoms with Crippen LogP contribution in [0.2, 0.25) is 0 Å². The van der Waals surface area contributed by atoms with Gasteiger partial charge in [0.2, 0.25) is 23.8 Å². The fraction of sp³-hybridized carbons (Fsp3) is 0. The second kappa shape index (κ2) is 5.40. The van der Waals surface area contributed by atoms with E-state index in [1.54, 1.807) is 6.07 Å². The molecule has 21 heavy (non-hydrogen) atoms. The highest BCUT2D eigenvalue weighted by molar-refractivity contribution is 5.85. The fourth-order valence-corrected chi connectivity index (χ4v) is 1.15. The highest BCUT2D eigenvalue weighted by Crippen LogP contribution is 2.02. The molecule has 0 saturated heterocycles. The van der Waals surface area contributed by atoms with Crippen molar-refractivity contribution in [3.63, 3.8) is 0 Å². The first kappa shape index (κ1) is 13.5. The number of nitrogens with one attached hydrogen (secondary N) is 2. The van der Waals surface area contributed by atoms with Crippen LogP contribution in [-0.2, 0) is 0 Å². The van der Waals surface area contributed by atoms with Crippen molar-refractivity contribution in [3.8, 4) is 6.07 Å². The van der Waals surface area contributed by atoms with E-state index in [4.69, 9.17) is 28.2 Å². The van der Waals surface area contributed by atoms with Gasteiger partial charge in [-0.25, -0.2) is 10.5 Å². The number of hydrazone groups is 1. The number of hydrogen-bond acceptors (Lipinski definition) is 9. The SMILES string of the molecule is N#Cc1nc(N)n(/C(N)=N/N/C(N)=N/c2n[nH]c(N)n2)n1. The zero-order valence-electron chi connectivity index (χ0n) is 10.4. The third-order valence-electron chi connectivity index (χ3n) is 1.95. The molecule has 0 radical (unpaired) electrons. The first-order valence-corrected chi connectivity index (χ1v) is 5.24. The Bertz CT molecular complexity index is 740. The smallest absolute Gasteiger partial charge is 0.273 e. The number of aliphatic imine (C=N–C) groups is 1. The van der Waals surface area contributed by atoms with Crippen LogP contribution in [0.5, 0.6) is 0 Å². The Morgan fingerprint density at radius 2 is 2.10 bits per heavy atom. The van der Waals surface area contributed by atoms with E-state index in [2.05, 4.69) is 40.8 Å².